The second kappa shape index (κ2) is 6.48. The van der Waals surface area contributed by atoms with Crippen molar-refractivity contribution in [1.82, 2.24) is 20.1 Å². The highest BCUT2D eigenvalue weighted by Crippen LogP contribution is 2.17. The minimum atomic E-state index is 0.890. The highest BCUT2D eigenvalue weighted by atomic mass is 15.3. The highest BCUT2D eigenvalue weighted by Gasteiger charge is 2.12. The zero-order valence-corrected chi connectivity index (χ0v) is 12.0. The largest absolute Gasteiger partial charge is 0.317 e. The third-order valence-corrected chi connectivity index (χ3v) is 3.34. The number of nitrogens with one attached hydrogen (secondary N) is 1. The summed E-state index contributed by atoms with van der Waals surface area (Å²) in [4.78, 5) is 4.36. The summed E-state index contributed by atoms with van der Waals surface area (Å²) in [6.07, 6.45) is 4.01. The van der Waals surface area contributed by atoms with Gasteiger partial charge in [-0.25, -0.2) is 9.67 Å². The third kappa shape index (κ3) is 3.20. The van der Waals surface area contributed by atoms with Gasteiger partial charge in [-0.3, -0.25) is 0 Å². The number of aryl methyl sites for hydroxylation is 1. The Hall–Kier alpha value is -1.68. The van der Waals surface area contributed by atoms with Crippen molar-refractivity contribution in [3.05, 3.63) is 41.3 Å². The number of hydrogen-bond acceptors (Lipinski definition) is 3. The molecule has 2 rings (SSSR count). The normalized spacial score (nSPS) is 10.9. The molecule has 0 amide bonds. The predicted molar refractivity (Wildman–Crippen MR) is 77.7 cm³/mol. The lowest BCUT2D eigenvalue weighted by Gasteiger charge is -2.05. The number of aromatic nitrogens is 3. The quantitative estimate of drug-likeness (QED) is 0.809. The summed E-state index contributed by atoms with van der Waals surface area (Å²) in [6, 6.07) is 5.90. The first kappa shape index (κ1) is 13.7. The minimum Gasteiger partial charge on any atom is -0.317 e. The van der Waals surface area contributed by atoms with Gasteiger partial charge in [0.1, 0.15) is 0 Å². The van der Waals surface area contributed by atoms with E-state index in [1.54, 1.807) is 6.20 Å². The lowest BCUT2D eigenvalue weighted by Crippen LogP contribution is -2.14. The molecule has 1 N–H and O–H groups in total. The Morgan fingerprint density at radius 1 is 1.26 bits per heavy atom. The fraction of sp³-hybridized carbons (Fsp3) is 0.467. The number of nitrogens with zero attached hydrogens (tertiary/aromatic N) is 3. The van der Waals surface area contributed by atoms with Crippen molar-refractivity contribution in [3.63, 3.8) is 0 Å². The van der Waals surface area contributed by atoms with E-state index in [9.17, 15) is 0 Å². The molecule has 0 saturated heterocycles. The molecule has 0 aliphatic carbocycles. The molecule has 0 fully saturated rings. The van der Waals surface area contributed by atoms with E-state index in [4.69, 9.17) is 0 Å². The molecule has 0 aromatic carbocycles. The lowest BCUT2D eigenvalue weighted by molar-refractivity contribution is 0.670. The number of rotatable bonds is 6. The van der Waals surface area contributed by atoms with Crippen molar-refractivity contribution >= 4 is 0 Å². The minimum absolute atomic E-state index is 0.890. The van der Waals surface area contributed by atoms with E-state index in [0.29, 0.717) is 0 Å². The van der Waals surface area contributed by atoms with Crippen LogP contribution in [-0.4, -0.2) is 27.9 Å². The standard InChI is InChI=1S/C15H22N4/c1-4-16-10-7-8-14-12(2)18-19(13(14)3)15-9-5-6-11-17-15/h5-6,9,11,16H,4,7-8,10H2,1-3H3. The second-order valence-corrected chi connectivity index (χ2v) is 4.71. The predicted octanol–water partition coefficient (Wildman–Crippen LogP) is 2.43. The van der Waals surface area contributed by atoms with E-state index in [0.717, 1.165) is 37.4 Å². The van der Waals surface area contributed by atoms with Crippen LogP contribution in [0.3, 0.4) is 0 Å². The molecule has 2 aromatic heterocycles. The molecule has 0 unspecified atom stereocenters. The van der Waals surface area contributed by atoms with E-state index in [1.165, 1.54) is 11.3 Å². The van der Waals surface area contributed by atoms with Gasteiger partial charge in [0, 0.05) is 11.9 Å². The van der Waals surface area contributed by atoms with Gasteiger partial charge in [0.05, 0.1) is 5.69 Å². The molecule has 19 heavy (non-hydrogen) atoms. The SMILES string of the molecule is CCNCCCc1c(C)nn(-c2ccccn2)c1C. The smallest absolute Gasteiger partial charge is 0.153 e. The third-order valence-electron chi connectivity index (χ3n) is 3.34. The monoisotopic (exact) mass is 258 g/mol. The van der Waals surface area contributed by atoms with Crippen LogP contribution in [0.1, 0.15) is 30.3 Å². The van der Waals surface area contributed by atoms with Gasteiger partial charge in [-0.2, -0.15) is 5.10 Å². The van der Waals surface area contributed by atoms with E-state index in [-0.39, 0.29) is 0 Å². The molecule has 102 valence electrons. The van der Waals surface area contributed by atoms with E-state index < -0.39 is 0 Å². The van der Waals surface area contributed by atoms with Crippen LogP contribution >= 0.6 is 0 Å². The second-order valence-electron chi connectivity index (χ2n) is 4.71. The summed E-state index contributed by atoms with van der Waals surface area (Å²) in [6.45, 7) is 8.43. The molecule has 0 bridgehead atoms. The number of hydrogen-bond donors (Lipinski definition) is 1. The molecule has 0 aliphatic rings. The molecule has 0 spiro atoms. The topological polar surface area (TPSA) is 42.7 Å². The van der Waals surface area contributed by atoms with Gasteiger partial charge in [0.2, 0.25) is 0 Å². The summed E-state index contributed by atoms with van der Waals surface area (Å²) >= 11 is 0. The average Bonchev–Trinajstić information content (AvgIpc) is 2.72. The van der Waals surface area contributed by atoms with Crippen molar-refractivity contribution in [2.75, 3.05) is 13.1 Å². The van der Waals surface area contributed by atoms with Crippen molar-refractivity contribution in [2.24, 2.45) is 0 Å². The molecule has 2 aromatic rings. The zero-order valence-electron chi connectivity index (χ0n) is 12.0. The molecule has 4 heteroatoms. The van der Waals surface area contributed by atoms with Crippen LogP contribution in [0.5, 0.6) is 0 Å². The van der Waals surface area contributed by atoms with Gasteiger partial charge in [0.15, 0.2) is 5.82 Å². The van der Waals surface area contributed by atoms with Gasteiger partial charge >= 0.3 is 0 Å². The van der Waals surface area contributed by atoms with Gasteiger partial charge in [-0.1, -0.05) is 13.0 Å². The average molecular weight is 258 g/mol. The maximum absolute atomic E-state index is 4.61. The van der Waals surface area contributed by atoms with Crippen LogP contribution < -0.4 is 5.32 Å². The van der Waals surface area contributed by atoms with Crippen LogP contribution in [0.4, 0.5) is 0 Å². The van der Waals surface area contributed by atoms with Crippen molar-refractivity contribution < 1.29 is 0 Å². The van der Waals surface area contributed by atoms with Crippen LogP contribution in [0.15, 0.2) is 24.4 Å². The summed E-state index contributed by atoms with van der Waals surface area (Å²) in [5, 5.41) is 7.97. The first-order valence-corrected chi connectivity index (χ1v) is 6.91. The van der Waals surface area contributed by atoms with E-state index >= 15 is 0 Å². The van der Waals surface area contributed by atoms with Crippen molar-refractivity contribution in [3.8, 4) is 5.82 Å². The maximum Gasteiger partial charge on any atom is 0.153 e. The van der Waals surface area contributed by atoms with Crippen molar-refractivity contribution in [1.29, 1.82) is 0 Å². The molecular formula is C15H22N4. The molecule has 0 aliphatic heterocycles. The first-order valence-electron chi connectivity index (χ1n) is 6.91. The van der Waals surface area contributed by atoms with Gasteiger partial charge in [0.25, 0.3) is 0 Å². The summed E-state index contributed by atoms with van der Waals surface area (Å²) in [5.74, 6) is 0.890. The molecule has 0 saturated carbocycles. The molecule has 4 nitrogen and oxygen atoms in total. The van der Waals surface area contributed by atoms with Crippen LogP contribution in [0.2, 0.25) is 0 Å². The number of pyridine rings is 1. The maximum atomic E-state index is 4.61. The molecule has 0 atom stereocenters. The lowest BCUT2D eigenvalue weighted by atomic mass is 10.1. The van der Waals surface area contributed by atoms with E-state index in [2.05, 4.69) is 36.2 Å². The van der Waals surface area contributed by atoms with Crippen LogP contribution in [0.25, 0.3) is 5.82 Å². The van der Waals surface area contributed by atoms with Crippen LogP contribution in [-0.2, 0) is 6.42 Å². The molecular weight excluding hydrogens is 236 g/mol. The molecule has 0 radical (unpaired) electrons. The zero-order chi connectivity index (χ0) is 13.7. The molecule has 2 heterocycles. The Bertz CT molecular complexity index is 516. The van der Waals surface area contributed by atoms with E-state index in [1.807, 2.05) is 22.9 Å². The first-order chi connectivity index (χ1) is 9.24. The fourth-order valence-corrected chi connectivity index (χ4v) is 2.31. The Morgan fingerprint density at radius 3 is 2.79 bits per heavy atom. The Kier molecular flexibility index (Phi) is 4.68. The Morgan fingerprint density at radius 2 is 2.11 bits per heavy atom. The van der Waals surface area contributed by atoms with Gasteiger partial charge in [-0.15, -0.1) is 0 Å². The van der Waals surface area contributed by atoms with Gasteiger partial charge in [-0.05, 0) is 57.5 Å². The highest BCUT2D eigenvalue weighted by molar-refractivity contribution is 5.32. The summed E-state index contributed by atoms with van der Waals surface area (Å²) in [7, 11) is 0. The fourth-order valence-electron chi connectivity index (χ4n) is 2.31. The van der Waals surface area contributed by atoms with Gasteiger partial charge < -0.3 is 5.32 Å². The Balaban J connectivity index is 2.16. The van der Waals surface area contributed by atoms with Crippen LogP contribution in [0, 0.1) is 13.8 Å². The Labute approximate surface area is 114 Å². The summed E-state index contributed by atoms with van der Waals surface area (Å²) in [5.41, 5.74) is 3.66. The van der Waals surface area contributed by atoms with Crippen molar-refractivity contribution in [2.45, 2.75) is 33.6 Å². The summed E-state index contributed by atoms with van der Waals surface area (Å²) < 4.78 is 1.94.